The lowest BCUT2D eigenvalue weighted by molar-refractivity contribution is -0.158. The number of carboxylic acid groups (broad SMARTS) is 1. The topological polar surface area (TPSA) is 80.7 Å². The molecule has 0 amide bonds. The zero-order chi connectivity index (χ0) is 18.7. The molecule has 5 heteroatoms. The van der Waals surface area contributed by atoms with Gasteiger partial charge in [0.1, 0.15) is 5.75 Å². The Labute approximate surface area is 150 Å². The second-order valence-electron chi connectivity index (χ2n) is 6.99. The predicted molar refractivity (Wildman–Crippen MR) is 93.1 cm³/mol. The number of rotatable bonds is 4. The molecule has 4 rings (SSSR count). The van der Waals surface area contributed by atoms with Crippen LogP contribution in [0.2, 0.25) is 0 Å². The molecule has 0 spiro atoms. The highest BCUT2D eigenvalue weighted by molar-refractivity contribution is 6.19. The lowest BCUT2D eigenvalue weighted by Gasteiger charge is -2.20. The van der Waals surface area contributed by atoms with Gasteiger partial charge in [0.15, 0.2) is 11.2 Å². The van der Waals surface area contributed by atoms with Gasteiger partial charge >= 0.3 is 11.9 Å². The first-order valence-electron chi connectivity index (χ1n) is 8.57. The summed E-state index contributed by atoms with van der Waals surface area (Å²) < 4.78 is 5.34. The smallest absolute Gasteiger partial charge is 0.330 e. The van der Waals surface area contributed by atoms with Gasteiger partial charge in [0.2, 0.25) is 0 Å². The SMILES string of the molecule is CC[C@@]1(C(=O)c2ccc(C)cc2)[C@H]2c3ccccc3OC(=O)[C@]21C(=O)O. The number of carbonyl (C=O) groups is 3. The van der Waals surface area contributed by atoms with Crippen molar-refractivity contribution in [1.29, 1.82) is 0 Å². The molecule has 0 saturated heterocycles. The number of carbonyl (C=O) groups excluding carboxylic acids is 2. The first-order chi connectivity index (χ1) is 12.4. The summed E-state index contributed by atoms with van der Waals surface area (Å²) in [4.78, 5) is 38.5. The number of hydrogen-bond donors (Lipinski definition) is 1. The summed E-state index contributed by atoms with van der Waals surface area (Å²) in [6, 6.07) is 13.8. The van der Waals surface area contributed by atoms with Gasteiger partial charge in [0.25, 0.3) is 0 Å². The molecule has 2 aliphatic rings. The van der Waals surface area contributed by atoms with Gasteiger partial charge in [-0.15, -0.1) is 0 Å². The highest BCUT2D eigenvalue weighted by atomic mass is 16.5. The van der Waals surface area contributed by atoms with E-state index in [1.54, 1.807) is 43.3 Å². The number of hydrogen-bond acceptors (Lipinski definition) is 4. The van der Waals surface area contributed by atoms with Crippen molar-refractivity contribution < 1.29 is 24.2 Å². The van der Waals surface area contributed by atoms with E-state index in [4.69, 9.17) is 4.74 Å². The van der Waals surface area contributed by atoms with Gasteiger partial charge in [0.05, 0.1) is 5.41 Å². The van der Waals surface area contributed by atoms with Crippen LogP contribution in [0.3, 0.4) is 0 Å². The van der Waals surface area contributed by atoms with E-state index in [9.17, 15) is 19.5 Å². The maximum Gasteiger partial charge on any atom is 0.330 e. The van der Waals surface area contributed by atoms with E-state index in [-0.39, 0.29) is 12.2 Å². The first kappa shape index (κ1) is 16.5. The van der Waals surface area contributed by atoms with E-state index in [2.05, 4.69) is 0 Å². The minimum Gasteiger partial charge on any atom is -0.480 e. The number of aryl methyl sites for hydroxylation is 1. The second-order valence-corrected chi connectivity index (χ2v) is 6.99. The van der Waals surface area contributed by atoms with E-state index in [0.717, 1.165) is 5.56 Å². The minimum atomic E-state index is -1.86. The third-order valence-electron chi connectivity index (χ3n) is 5.91. The molecule has 1 aliphatic carbocycles. The highest BCUT2D eigenvalue weighted by Crippen LogP contribution is 2.79. The Morgan fingerprint density at radius 3 is 2.38 bits per heavy atom. The van der Waals surface area contributed by atoms with E-state index >= 15 is 0 Å². The molecule has 2 aromatic carbocycles. The largest absolute Gasteiger partial charge is 0.480 e. The van der Waals surface area contributed by atoms with E-state index in [1.165, 1.54) is 0 Å². The summed E-state index contributed by atoms with van der Waals surface area (Å²) in [7, 11) is 0. The van der Waals surface area contributed by atoms with Gasteiger partial charge in [-0.2, -0.15) is 0 Å². The summed E-state index contributed by atoms with van der Waals surface area (Å²) in [5, 5.41) is 9.99. The molecule has 1 fully saturated rings. The Bertz CT molecular complexity index is 945. The zero-order valence-electron chi connectivity index (χ0n) is 14.5. The van der Waals surface area contributed by atoms with E-state index < -0.39 is 28.7 Å². The van der Waals surface area contributed by atoms with Crippen molar-refractivity contribution in [3.8, 4) is 5.75 Å². The van der Waals surface area contributed by atoms with Crippen molar-refractivity contribution in [2.24, 2.45) is 10.8 Å². The van der Waals surface area contributed by atoms with Crippen LogP contribution in [0.25, 0.3) is 0 Å². The average Bonchev–Trinajstić information content (AvgIpc) is 3.29. The van der Waals surface area contributed by atoms with Crippen LogP contribution in [-0.2, 0) is 9.59 Å². The number of benzene rings is 2. The number of esters is 1. The molecule has 0 radical (unpaired) electrons. The molecule has 26 heavy (non-hydrogen) atoms. The summed E-state index contributed by atoms with van der Waals surface area (Å²) in [5.74, 6) is -2.85. The standard InChI is InChI=1S/C21H18O5/c1-3-20(17(22)13-10-8-12(2)9-11-13)16-14-6-4-5-7-15(14)26-19(25)21(16,20)18(23)24/h4-11,16H,3H2,1-2H3,(H,23,24)/t16-,20+,21-/m1/s1. The normalized spacial score (nSPS) is 28.5. The molecule has 1 heterocycles. The van der Waals surface area contributed by atoms with Gasteiger partial charge in [-0.3, -0.25) is 14.4 Å². The van der Waals surface area contributed by atoms with Crippen LogP contribution in [0.4, 0.5) is 0 Å². The van der Waals surface area contributed by atoms with Crippen molar-refractivity contribution in [2.45, 2.75) is 26.2 Å². The number of carboxylic acids is 1. The highest BCUT2D eigenvalue weighted by Gasteiger charge is 2.89. The van der Waals surface area contributed by atoms with Crippen LogP contribution < -0.4 is 4.74 Å². The monoisotopic (exact) mass is 350 g/mol. The second kappa shape index (κ2) is 5.27. The maximum absolute atomic E-state index is 13.4. The molecule has 132 valence electrons. The van der Waals surface area contributed by atoms with Gasteiger partial charge in [-0.25, -0.2) is 0 Å². The number of aliphatic carboxylic acids is 1. The van der Waals surface area contributed by atoms with Gasteiger partial charge in [-0.05, 0) is 19.4 Å². The lowest BCUT2D eigenvalue weighted by atomic mass is 9.83. The van der Waals surface area contributed by atoms with Gasteiger partial charge < -0.3 is 9.84 Å². The van der Waals surface area contributed by atoms with Gasteiger partial charge in [0, 0.05) is 17.0 Å². The number of fused-ring (bicyclic) bond motifs is 3. The van der Waals surface area contributed by atoms with Crippen LogP contribution in [0, 0.1) is 17.8 Å². The van der Waals surface area contributed by atoms with Crippen molar-refractivity contribution in [1.82, 2.24) is 0 Å². The Morgan fingerprint density at radius 2 is 1.77 bits per heavy atom. The fourth-order valence-electron chi connectivity index (χ4n) is 4.64. The van der Waals surface area contributed by atoms with Crippen LogP contribution in [-0.4, -0.2) is 22.8 Å². The Balaban J connectivity index is 1.93. The van der Waals surface area contributed by atoms with Crippen molar-refractivity contribution >= 4 is 17.7 Å². The maximum atomic E-state index is 13.4. The Hall–Kier alpha value is -2.95. The minimum absolute atomic E-state index is 0.236. The van der Waals surface area contributed by atoms with Crippen LogP contribution >= 0.6 is 0 Å². The molecule has 0 aromatic heterocycles. The third-order valence-corrected chi connectivity index (χ3v) is 5.91. The van der Waals surface area contributed by atoms with Gasteiger partial charge in [-0.1, -0.05) is 55.0 Å². The number of Topliss-reactive ketones (excluding diaryl/α,β-unsaturated/α-hetero) is 1. The third kappa shape index (κ3) is 1.72. The fraction of sp³-hybridized carbons (Fsp3) is 0.286. The van der Waals surface area contributed by atoms with Crippen molar-refractivity contribution in [3.63, 3.8) is 0 Å². The number of ketones is 1. The molecule has 0 bridgehead atoms. The molecule has 1 N–H and O–H groups in total. The number of ether oxygens (including phenoxy) is 1. The lowest BCUT2D eigenvalue weighted by Crippen LogP contribution is -2.39. The van der Waals surface area contributed by atoms with Crippen molar-refractivity contribution in [2.75, 3.05) is 0 Å². The quantitative estimate of drug-likeness (QED) is 0.396. The molecule has 3 atom stereocenters. The average molecular weight is 350 g/mol. The summed E-state index contributed by atoms with van der Waals surface area (Å²) in [6.45, 7) is 3.66. The van der Waals surface area contributed by atoms with Crippen molar-refractivity contribution in [3.05, 3.63) is 65.2 Å². The Morgan fingerprint density at radius 1 is 1.12 bits per heavy atom. The Kier molecular flexibility index (Phi) is 3.35. The van der Waals surface area contributed by atoms with E-state index in [1.807, 2.05) is 19.1 Å². The fourth-order valence-corrected chi connectivity index (χ4v) is 4.64. The summed E-state index contributed by atoms with van der Waals surface area (Å²) in [5.41, 5.74) is -1.18. The molecule has 1 saturated carbocycles. The molecular weight excluding hydrogens is 332 g/mol. The number of para-hydroxylation sites is 1. The summed E-state index contributed by atoms with van der Waals surface area (Å²) >= 11 is 0. The summed E-state index contributed by atoms with van der Waals surface area (Å²) in [6.07, 6.45) is 0.236. The van der Waals surface area contributed by atoms with Crippen LogP contribution in [0.15, 0.2) is 48.5 Å². The zero-order valence-corrected chi connectivity index (χ0v) is 14.5. The molecule has 2 aromatic rings. The molecule has 1 aliphatic heterocycles. The van der Waals surface area contributed by atoms with E-state index in [0.29, 0.717) is 16.9 Å². The molecule has 5 nitrogen and oxygen atoms in total. The first-order valence-corrected chi connectivity index (χ1v) is 8.57. The predicted octanol–water partition coefficient (Wildman–Crippen LogP) is 3.36. The molecule has 0 unspecified atom stereocenters. The van der Waals surface area contributed by atoms with Crippen LogP contribution in [0.1, 0.15) is 40.7 Å². The molecular formula is C21H18O5. The van der Waals surface area contributed by atoms with Crippen LogP contribution in [0.5, 0.6) is 5.75 Å².